The molecule has 1 fully saturated rings. The maximum atomic E-state index is 12.1. The number of nitrogens with one attached hydrogen (secondary N) is 1. The number of aliphatic hydroxyl groups excluding tert-OH is 3. The molecule has 0 aliphatic heterocycles. The Morgan fingerprint density at radius 1 is 1.32 bits per heavy atom. The van der Waals surface area contributed by atoms with Crippen molar-refractivity contribution in [3.8, 4) is 11.1 Å². The second-order valence-corrected chi connectivity index (χ2v) is 6.23. The van der Waals surface area contributed by atoms with Crippen LogP contribution in [0.2, 0.25) is 0 Å². The van der Waals surface area contributed by atoms with Crippen LogP contribution in [0.25, 0.3) is 11.1 Å². The average Bonchev–Trinajstić information content (AvgIpc) is 3.10. The number of hydrogen-bond donors (Lipinski definition) is 4. The van der Waals surface area contributed by atoms with Gasteiger partial charge in [-0.3, -0.25) is 14.3 Å². The van der Waals surface area contributed by atoms with E-state index in [1.165, 1.54) is 22.1 Å². The highest BCUT2D eigenvalue weighted by molar-refractivity contribution is 7.08. The highest BCUT2D eigenvalue weighted by Crippen LogP contribution is 2.34. The van der Waals surface area contributed by atoms with E-state index in [0.29, 0.717) is 11.1 Å². The van der Waals surface area contributed by atoms with E-state index in [-0.39, 0.29) is 13.0 Å². The highest BCUT2D eigenvalue weighted by Gasteiger charge is 2.42. The van der Waals surface area contributed by atoms with Crippen molar-refractivity contribution in [3.05, 3.63) is 43.9 Å². The van der Waals surface area contributed by atoms with Crippen LogP contribution < -0.4 is 11.2 Å². The maximum Gasteiger partial charge on any atom is 0.328 e. The van der Waals surface area contributed by atoms with Crippen LogP contribution >= 0.6 is 11.3 Å². The summed E-state index contributed by atoms with van der Waals surface area (Å²) in [6.07, 6.45) is -0.605. The third-order valence-electron chi connectivity index (χ3n) is 4.16. The van der Waals surface area contributed by atoms with E-state index in [1.54, 1.807) is 11.4 Å². The molecular formula is C14H16N2O5S. The Morgan fingerprint density at radius 3 is 2.68 bits per heavy atom. The Bertz CT molecular complexity index is 766. The largest absolute Gasteiger partial charge is 0.396 e. The van der Waals surface area contributed by atoms with Crippen LogP contribution in [0.5, 0.6) is 0 Å². The Kier molecular flexibility index (Phi) is 4.00. The first-order valence-electron chi connectivity index (χ1n) is 6.88. The average molecular weight is 324 g/mol. The highest BCUT2D eigenvalue weighted by atomic mass is 32.1. The van der Waals surface area contributed by atoms with Gasteiger partial charge in [-0.25, -0.2) is 4.79 Å². The lowest BCUT2D eigenvalue weighted by Gasteiger charge is -2.19. The van der Waals surface area contributed by atoms with E-state index >= 15 is 0 Å². The van der Waals surface area contributed by atoms with Crippen LogP contribution in [-0.2, 0) is 0 Å². The van der Waals surface area contributed by atoms with Gasteiger partial charge in [0.2, 0.25) is 0 Å². The number of hydrogen-bond acceptors (Lipinski definition) is 6. The molecule has 2 heterocycles. The molecule has 4 N–H and O–H groups in total. The second-order valence-electron chi connectivity index (χ2n) is 5.45. The van der Waals surface area contributed by atoms with Gasteiger partial charge in [-0.15, -0.1) is 0 Å². The van der Waals surface area contributed by atoms with Gasteiger partial charge in [0.25, 0.3) is 5.56 Å². The number of rotatable bonds is 3. The molecular weight excluding hydrogens is 308 g/mol. The molecule has 1 aliphatic carbocycles. The lowest BCUT2D eigenvalue weighted by molar-refractivity contribution is -0.00454. The quantitative estimate of drug-likeness (QED) is 0.610. The molecule has 2 aromatic rings. The first kappa shape index (κ1) is 15.2. The summed E-state index contributed by atoms with van der Waals surface area (Å²) in [5, 5.41) is 32.8. The first-order valence-corrected chi connectivity index (χ1v) is 7.82. The summed E-state index contributed by atoms with van der Waals surface area (Å²) in [5.41, 5.74) is -0.119. The van der Waals surface area contributed by atoms with Crippen molar-refractivity contribution in [3.63, 3.8) is 0 Å². The van der Waals surface area contributed by atoms with Crippen LogP contribution in [0, 0.1) is 5.92 Å². The molecule has 0 aromatic carbocycles. The van der Waals surface area contributed by atoms with Crippen molar-refractivity contribution in [2.75, 3.05) is 6.61 Å². The summed E-state index contributed by atoms with van der Waals surface area (Å²) >= 11 is 1.43. The van der Waals surface area contributed by atoms with Gasteiger partial charge in [-0.2, -0.15) is 11.3 Å². The Hall–Kier alpha value is -1.74. The molecule has 3 rings (SSSR count). The molecule has 118 valence electrons. The minimum atomic E-state index is -1.17. The molecule has 7 nitrogen and oxygen atoms in total. The molecule has 0 amide bonds. The van der Waals surface area contributed by atoms with Crippen LogP contribution in [0.15, 0.2) is 32.6 Å². The second kappa shape index (κ2) is 5.81. The minimum absolute atomic E-state index is 0.258. The summed E-state index contributed by atoms with van der Waals surface area (Å²) in [6.45, 7) is -0.274. The van der Waals surface area contributed by atoms with E-state index in [2.05, 4.69) is 4.98 Å². The fraction of sp³-hybridized carbons (Fsp3) is 0.429. The number of thiophene rings is 1. The van der Waals surface area contributed by atoms with E-state index in [4.69, 9.17) is 0 Å². The molecule has 0 saturated heterocycles. The van der Waals surface area contributed by atoms with Crippen molar-refractivity contribution >= 4 is 11.3 Å². The van der Waals surface area contributed by atoms with Crippen molar-refractivity contribution < 1.29 is 15.3 Å². The van der Waals surface area contributed by atoms with Crippen molar-refractivity contribution in [1.82, 2.24) is 9.55 Å². The summed E-state index contributed by atoms with van der Waals surface area (Å²) in [4.78, 5) is 26.2. The van der Waals surface area contributed by atoms with E-state index < -0.39 is 35.4 Å². The zero-order chi connectivity index (χ0) is 15.9. The lowest BCUT2D eigenvalue weighted by Crippen LogP contribution is -2.37. The summed E-state index contributed by atoms with van der Waals surface area (Å²) < 4.78 is 1.23. The molecule has 8 heteroatoms. The smallest absolute Gasteiger partial charge is 0.328 e. The zero-order valence-corrected chi connectivity index (χ0v) is 12.4. The van der Waals surface area contributed by atoms with E-state index in [0.717, 1.165) is 0 Å². The summed E-state index contributed by atoms with van der Waals surface area (Å²) in [7, 11) is 0. The van der Waals surface area contributed by atoms with E-state index in [1.807, 2.05) is 5.38 Å². The van der Waals surface area contributed by atoms with E-state index in [9.17, 15) is 24.9 Å². The third-order valence-corrected chi connectivity index (χ3v) is 4.85. The van der Waals surface area contributed by atoms with Gasteiger partial charge in [0.1, 0.15) is 6.10 Å². The maximum absolute atomic E-state index is 12.1. The standard InChI is InChI=1S/C14H16N2O5S/c17-5-8-3-10(12(19)11(8)18)16-4-9(7-1-2-22-6-7)13(20)15-14(16)21/h1-2,4,6,8,10-12,17-19H,3,5H2,(H,15,20,21)/t8-,10-,11+,12-/m1/s1. The molecule has 0 unspecified atom stereocenters. The molecule has 2 aromatic heterocycles. The SMILES string of the molecule is O=c1[nH]c(=O)n([C@@H]2C[C@H](CO)[C@H](O)[C@@H]2O)cc1-c1ccsc1. The van der Waals surface area contributed by atoms with Crippen molar-refractivity contribution in [1.29, 1.82) is 0 Å². The Balaban J connectivity index is 2.07. The zero-order valence-electron chi connectivity index (χ0n) is 11.5. The van der Waals surface area contributed by atoms with Gasteiger partial charge in [-0.1, -0.05) is 0 Å². The number of H-pyrrole nitrogens is 1. The van der Waals surface area contributed by atoms with Gasteiger partial charge in [0.15, 0.2) is 0 Å². The molecule has 1 saturated carbocycles. The lowest BCUT2D eigenvalue weighted by atomic mass is 10.1. The number of aliphatic hydroxyl groups is 3. The van der Waals surface area contributed by atoms with Crippen LogP contribution in [0.3, 0.4) is 0 Å². The molecule has 0 bridgehead atoms. The molecule has 0 spiro atoms. The Morgan fingerprint density at radius 2 is 2.09 bits per heavy atom. The van der Waals surface area contributed by atoms with Gasteiger partial charge < -0.3 is 15.3 Å². The fourth-order valence-electron chi connectivity index (χ4n) is 2.91. The summed E-state index contributed by atoms with van der Waals surface area (Å²) in [5.74, 6) is -0.497. The predicted octanol–water partition coefficient (Wildman–Crippen LogP) is -0.460. The van der Waals surface area contributed by atoms with Crippen molar-refractivity contribution in [2.24, 2.45) is 5.92 Å². The van der Waals surface area contributed by atoms with Crippen LogP contribution in [-0.4, -0.2) is 43.7 Å². The Labute approximate surface area is 129 Å². The number of nitrogens with zero attached hydrogens (tertiary/aromatic N) is 1. The number of aromatic nitrogens is 2. The molecule has 22 heavy (non-hydrogen) atoms. The molecule has 0 radical (unpaired) electrons. The topological polar surface area (TPSA) is 116 Å². The normalized spacial score (nSPS) is 28.1. The monoisotopic (exact) mass is 324 g/mol. The van der Waals surface area contributed by atoms with Gasteiger partial charge in [0.05, 0.1) is 17.7 Å². The van der Waals surface area contributed by atoms with Gasteiger partial charge in [-0.05, 0) is 28.8 Å². The third kappa shape index (κ3) is 2.44. The molecule has 1 aliphatic rings. The molecule has 4 atom stereocenters. The number of aromatic amines is 1. The first-order chi connectivity index (χ1) is 10.5. The van der Waals surface area contributed by atoms with Gasteiger partial charge >= 0.3 is 5.69 Å². The van der Waals surface area contributed by atoms with Crippen LogP contribution in [0.4, 0.5) is 0 Å². The van der Waals surface area contributed by atoms with Crippen molar-refractivity contribution in [2.45, 2.75) is 24.7 Å². The van der Waals surface area contributed by atoms with Gasteiger partial charge in [0, 0.05) is 18.7 Å². The predicted molar refractivity (Wildman–Crippen MR) is 80.9 cm³/mol. The van der Waals surface area contributed by atoms with Crippen LogP contribution in [0.1, 0.15) is 12.5 Å². The summed E-state index contributed by atoms with van der Waals surface area (Å²) in [6, 6.07) is 1.08. The fourth-order valence-corrected chi connectivity index (χ4v) is 3.57. The minimum Gasteiger partial charge on any atom is -0.396 e.